The number of nitriles is 1. The van der Waals surface area contributed by atoms with E-state index in [9.17, 15) is 4.79 Å². The molecule has 1 heterocycles. The summed E-state index contributed by atoms with van der Waals surface area (Å²) in [6.07, 6.45) is 1.19. The van der Waals surface area contributed by atoms with Crippen LogP contribution in [-0.4, -0.2) is 11.1 Å². The van der Waals surface area contributed by atoms with Gasteiger partial charge in [0.25, 0.3) is 0 Å². The number of hydrogen-bond donors (Lipinski definition) is 1. The number of aliphatic carboxylic acids is 1. The molecule has 0 aliphatic heterocycles. The highest BCUT2D eigenvalue weighted by atomic mass is 35.5. The van der Waals surface area contributed by atoms with E-state index in [0.29, 0.717) is 14.2 Å². The van der Waals surface area contributed by atoms with Crippen LogP contribution in [0.5, 0.6) is 0 Å². The molecule has 0 fully saturated rings. The minimum Gasteiger partial charge on any atom is -0.477 e. The van der Waals surface area contributed by atoms with Crippen molar-refractivity contribution in [3.05, 3.63) is 25.9 Å². The van der Waals surface area contributed by atoms with E-state index in [1.807, 2.05) is 0 Å². The van der Waals surface area contributed by atoms with Gasteiger partial charge in [-0.1, -0.05) is 23.2 Å². The summed E-state index contributed by atoms with van der Waals surface area (Å²) in [5.74, 6) is -1.29. The Bertz CT molecular complexity index is 445. The lowest BCUT2D eigenvalue weighted by Gasteiger charge is -1.89. The predicted octanol–water partition coefficient (Wildman–Crippen LogP) is 3.05. The third-order valence-electron chi connectivity index (χ3n) is 1.33. The van der Waals surface area contributed by atoms with Gasteiger partial charge in [-0.3, -0.25) is 0 Å². The molecule has 3 nitrogen and oxygen atoms in total. The molecule has 1 N–H and O–H groups in total. The average molecular weight is 248 g/mol. The molecule has 0 aromatic carbocycles. The summed E-state index contributed by atoms with van der Waals surface area (Å²) < 4.78 is 0.813. The van der Waals surface area contributed by atoms with Crippen LogP contribution in [0.15, 0.2) is 11.6 Å². The highest BCUT2D eigenvalue weighted by Crippen LogP contribution is 2.32. The van der Waals surface area contributed by atoms with Crippen LogP contribution in [0.1, 0.15) is 5.56 Å². The normalized spacial score (nSPS) is 11.1. The van der Waals surface area contributed by atoms with Crippen LogP contribution in [0.3, 0.4) is 0 Å². The maximum atomic E-state index is 10.5. The van der Waals surface area contributed by atoms with E-state index in [4.69, 9.17) is 33.6 Å². The van der Waals surface area contributed by atoms with E-state index in [1.165, 1.54) is 12.1 Å². The van der Waals surface area contributed by atoms with Gasteiger partial charge < -0.3 is 5.11 Å². The minimum atomic E-state index is -1.29. The fourth-order valence-corrected chi connectivity index (χ4v) is 2.17. The highest BCUT2D eigenvalue weighted by Gasteiger charge is 2.09. The Morgan fingerprint density at radius 3 is 2.64 bits per heavy atom. The van der Waals surface area contributed by atoms with E-state index < -0.39 is 5.97 Å². The molecule has 0 unspecified atom stereocenters. The number of carboxylic acids is 1. The molecule has 72 valence electrons. The van der Waals surface area contributed by atoms with Gasteiger partial charge in [0.15, 0.2) is 0 Å². The molecule has 0 spiro atoms. The van der Waals surface area contributed by atoms with Gasteiger partial charge in [0.2, 0.25) is 0 Å². The fourth-order valence-electron chi connectivity index (χ4n) is 0.749. The Balaban J connectivity index is 3.14. The van der Waals surface area contributed by atoms with Crippen molar-refractivity contribution >= 4 is 46.6 Å². The van der Waals surface area contributed by atoms with Crippen LogP contribution in [0.2, 0.25) is 8.67 Å². The van der Waals surface area contributed by atoms with Crippen LogP contribution in [0.4, 0.5) is 0 Å². The van der Waals surface area contributed by atoms with Crippen LogP contribution >= 0.6 is 34.5 Å². The van der Waals surface area contributed by atoms with Crippen LogP contribution in [0.25, 0.3) is 6.08 Å². The molecule has 1 aromatic rings. The maximum absolute atomic E-state index is 10.5. The Hall–Kier alpha value is -1.02. The molecule has 0 amide bonds. The second-order valence-corrected chi connectivity index (χ2v) is 4.54. The first-order chi connectivity index (χ1) is 6.54. The molecule has 0 aliphatic rings. The van der Waals surface area contributed by atoms with Crippen molar-refractivity contribution in [2.45, 2.75) is 0 Å². The fraction of sp³-hybridized carbons (Fsp3) is 0. The molecule has 0 saturated heterocycles. The zero-order chi connectivity index (χ0) is 10.7. The standard InChI is InChI=1S/C8H3Cl2NO2S/c9-6-2-4(7(10)14-6)1-5(3-11)8(12)13/h1-2H,(H,12,13)/b5-1+. The molecule has 0 saturated carbocycles. The van der Waals surface area contributed by atoms with Crippen LogP contribution in [0, 0.1) is 11.3 Å². The Kier molecular flexibility index (Phi) is 3.53. The van der Waals surface area contributed by atoms with E-state index in [0.717, 1.165) is 11.3 Å². The first-order valence-electron chi connectivity index (χ1n) is 3.34. The summed E-state index contributed by atoms with van der Waals surface area (Å²) in [6.45, 7) is 0. The summed E-state index contributed by atoms with van der Waals surface area (Å²) in [7, 11) is 0. The maximum Gasteiger partial charge on any atom is 0.346 e. The largest absolute Gasteiger partial charge is 0.477 e. The van der Waals surface area contributed by atoms with E-state index in [-0.39, 0.29) is 5.57 Å². The van der Waals surface area contributed by atoms with E-state index >= 15 is 0 Å². The summed E-state index contributed by atoms with van der Waals surface area (Å²) in [4.78, 5) is 10.5. The molecule has 0 atom stereocenters. The Labute approximate surface area is 93.8 Å². The zero-order valence-electron chi connectivity index (χ0n) is 6.62. The lowest BCUT2D eigenvalue weighted by Crippen LogP contribution is -1.96. The summed E-state index contributed by atoms with van der Waals surface area (Å²) in [5.41, 5.74) is 0.0713. The van der Waals surface area contributed by atoms with Gasteiger partial charge in [-0.25, -0.2) is 4.79 Å². The second kappa shape index (κ2) is 4.47. The second-order valence-electron chi connectivity index (χ2n) is 2.25. The molecule has 1 rings (SSSR count). The number of nitrogens with zero attached hydrogens (tertiary/aromatic N) is 1. The van der Waals surface area contributed by atoms with Gasteiger partial charge in [-0.2, -0.15) is 5.26 Å². The molecule has 14 heavy (non-hydrogen) atoms. The third kappa shape index (κ3) is 2.48. The van der Waals surface area contributed by atoms with E-state index in [2.05, 4.69) is 0 Å². The van der Waals surface area contributed by atoms with Gasteiger partial charge in [-0.15, -0.1) is 11.3 Å². The number of carbonyl (C=O) groups is 1. The smallest absolute Gasteiger partial charge is 0.346 e. The van der Waals surface area contributed by atoms with Crippen molar-refractivity contribution in [1.82, 2.24) is 0 Å². The number of carboxylic acid groups (broad SMARTS) is 1. The number of thiophene rings is 1. The molecular weight excluding hydrogens is 245 g/mol. The van der Waals surface area contributed by atoms with Crippen molar-refractivity contribution in [1.29, 1.82) is 5.26 Å². The summed E-state index contributed by atoms with van der Waals surface area (Å²) >= 11 is 12.5. The summed E-state index contributed by atoms with van der Waals surface area (Å²) in [5, 5.41) is 17.1. The predicted molar refractivity (Wildman–Crippen MR) is 55.6 cm³/mol. The molecule has 1 aromatic heterocycles. The molecule has 6 heteroatoms. The minimum absolute atomic E-state index is 0.365. The van der Waals surface area contributed by atoms with Crippen molar-refractivity contribution in [3.8, 4) is 6.07 Å². The lowest BCUT2D eigenvalue weighted by molar-refractivity contribution is -0.132. The molecular formula is C8H3Cl2NO2S. The van der Waals surface area contributed by atoms with Gasteiger partial charge in [0.1, 0.15) is 16.0 Å². The molecule has 0 aliphatic carbocycles. The quantitative estimate of drug-likeness (QED) is 0.646. The molecule has 0 radical (unpaired) electrons. The topological polar surface area (TPSA) is 61.1 Å². The van der Waals surface area contributed by atoms with Gasteiger partial charge in [0.05, 0.1) is 4.34 Å². The zero-order valence-corrected chi connectivity index (χ0v) is 8.95. The Morgan fingerprint density at radius 2 is 2.29 bits per heavy atom. The van der Waals surface area contributed by atoms with Gasteiger partial charge >= 0.3 is 5.97 Å². The monoisotopic (exact) mass is 247 g/mol. The average Bonchev–Trinajstić information content (AvgIpc) is 2.40. The first kappa shape index (κ1) is 11.1. The first-order valence-corrected chi connectivity index (χ1v) is 4.91. The van der Waals surface area contributed by atoms with Gasteiger partial charge in [0, 0.05) is 5.56 Å². The van der Waals surface area contributed by atoms with Crippen molar-refractivity contribution in [3.63, 3.8) is 0 Å². The molecule has 0 bridgehead atoms. The van der Waals surface area contributed by atoms with Crippen LogP contribution < -0.4 is 0 Å². The third-order valence-corrected chi connectivity index (χ3v) is 2.85. The number of halogens is 2. The van der Waals surface area contributed by atoms with Crippen molar-refractivity contribution < 1.29 is 9.90 Å². The SMILES string of the molecule is N#C/C(=C\c1cc(Cl)sc1Cl)C(=O)O. The number of rotatable bonds is 2. The van der Waals surface area contributed by atoms with Gasteiger partial charge in [-0.05, 0) is 12.1 Å². The summed E-state index contributed by atoms with van der Waals surface area (Å²) in [6, 6.07) is 3.06. The van der Waals surface area contributed by atoms with Crippen molar-refractivity contribution in [2.75, 3.05) is 0 Å². The Morgan fingerprint density at radius 1 is 1.64 bits per heavy atom. The highest BCUT2D eigenvalue weighted by molar-refractivity contribution is 7.20. The van der Waals surface area contributed by atoms with Crippen LogP contribution in [-0.2, 0) is 4.79 Å². The van der Waals surface area contributed by atoms with E-state index in [1.54, 1.807) is 6.07 Å². The lowest BCUT2D eigenvalue weighted by atomic mass is 10.2. The van der Waals surface area contributed by atoms with Crippen molar-refractivity contribution in [2.24, 2.45) is 0 Å². The number of hydrogen-bond acceptors (Lipinski definition) is 3.